The molecule has 2 heterocycles. The highest BCUT2D eigenvalue weighted by molar-refractivity contribution is 6.31. The molecule has 2 aromatic rings. The van der Waals surface area contributed by atoms with Crippen molar-refractivity contribution in [1.29, 1.82) is 0 Å². The molecular formula is C18H18ClN. The SMILES string of the molecule is CN1C2CC=CC1(c1ccc3cc(Cl)ccc3c1)CC2. The smallest absolute Gasteiger partial charge is 0.0646 e. The fourth-order valence-corrected chi connectivity index (χ4v) is 4.09. The lowest BCUT2D eigenvalue weighted by Gasteiger charge is -2.39. The van der Waals surface area contributed by atoms with Crippen molar-refractivity contribution in [3.8, 4) is 0 Å². The van der Waals surface area contributed by atoms with E-state index in [2.05, 4.69) is 48.4 Å². The van der Waals surface area contributed by atoms with Gasteiger partial charge in [-0.1, -0.05) is 42.0 Å². The van der Waals surface area contributed by atoms with Crippen LogP contribution in [0.15, 0.2) is 48.6 Å². The second kappa shape index (κ2) is 4.34. The van der Waals surface area contributed by atoms with E-state index < -0.39 is 0 Å². The summed E-state index contributed by atoms with van der Waals surface area (Å²) in [5.41, 5.74) is 1.52. The van der Waals surface area contributed by atoms with Gasteiger partial charge in [0.05, 0.1) is 5.54 Å². The fourth-order valence-electron chi connectivity index (χ4n) is 3.91. The molecule has 1 fully saturated rings. The number of hydrogen-bond donors (Lipinski definition) is 0. The Hall–Kier alpha value is -1.31. The molecular weight excluding hydrogens is 266 g/mol. The minimum Gasteiger partial charge on any atom is -0.290 e. The average Bonchev–Trinajstić information content (AvgIpc) is 2.65. The molecule has 1 nitrogen and oxygen atoms in total. The fraction of sp³-hybridized carbons (Fsp3) is 0.333. The number of rotatable bonds is 1. The minimum absolute atomic E-state index is 0.108. The Balaban J connectivity index is 1.88. The molecule has 2 aliphatic heterocycles. The van der Waals surface area contributed by atoms with Crippen molar-refractivity contribution in [3.63, 3.8) is 0 Å². The van der Waals surface area contributed by atoms with Gasteiger partial charge >= 0.3 is 0 Å². The van der Waals surface area contributed by atoms with E-state index in [1.54, 1.807) is 0 Å². The van der Waals surface area contributed by atoms with Crippen molar-refractivity contribution in [2.24, 2.45) is 0 Å². The minimum atomic E-state index is 0.108. The highest BCUT2D eigenvalue weighted by Gasteiger charge is 2.45. The topological polar surface area (TPSA) is 3.24 Å². The van der Waals surface area contributed by atoms with E-state index in [0.717, 1.165) is 5.02 Å². The van der Waals surface area contributed by atoms with Crippen LogP contribution in [0, 0.1) is 0 Å². The van der Waals surface area contributed by atoms with Gasteiger partial charge in [0, 0.05) is 11.1 Å². The first-order valence-corrected chi connectivity index (χ1v) is 7.67. The molecule has 0 N–H and O–H groups in total. The van der Waals surface area contributed by atoms with Crippen molar-refractivity contribution in [2.45, 2.75) is 30.8 Å². The number of halogens is 1. The molecule has 0 aromatic heterocycles. The molecule has 2 atom stereocenters. The maximum absolute atomic E-state index is 6.07. The van der Waals surface area contributed by atoms with Crippen LogP contribution in [-0.4, -0.2) is 18.0 Å². The molecule has 20 heavy (non-hydrogen) atoms. The average molecular weight is 284 g/mol. The van der Waals surface area contributed by atoms with Crippen molar-refractivity contribution < 1.29 is 0 Å². The van der Waals surface area contributed by atoms with Gasteiger partial charge in [-0.15, -0.1) is 0 Å². The number of hydrogen-bond acceptors (Lipinski definition) is 1. The largest absolute Gasteiger partial charge is 0.290 e. The first kappa shape index (κ1) is 12.4. The zero-order valence-corrected chi connectivity index (χ0v) is 12.4. The summed E-state index contributed by atoms with van der Waals surface area (Å²) in [6.07, 6.45) is 8.49. The molecule has 0 amide bonds. The molecule has 2 aromatic carbocycles. The molecule has 2 heteroatoms. The van der Waals surface area contributed by atoms with E-state index in [-0.39, 0.29) is 5.54 Å². The highest BCUT2D eigenvalue weighted by atomic mass is 35.5. The van der Waals surface area contributed by atoms with Crippen LogP contribution in [0.25, 0.3) is 10.8 Å². The van der Waals surface area contributed by atoms with Crippen LogP contribution >= 0.6 is 11.6 Å². The molecule has 2 bridgehead atoms. The highest BCUT2D eigenvalue weighted by Crippen LogP contribution is 2.46. The van der Waals surface area contributed by atoms with Crippen LogP contribution in [0.1, 0.15) is 24.8 Å². The van der Waals surface area contributed by atoms with Crippen molar-refractivity contribution in [2.75, 3.05) is 7.05 Å². The van der Waals surface area contributed by atoms with Gasteiger partial charge < -0.3 is 0 Å². The van der Waals surface area contributed by atoms with Crippen LogP contribution < -0.4 is 0 Å². The second-order valence-electron chi connectivity index (χ2n) is 6.07. The third kappa shape index (κ3) is 1.66. The first-order chi connectivity index (χ1) is 9.69. The summed E-state index contributed by atoms with van der Waals surface area (Å²) in [7, 11) is 2.27. The van der Waals surface area contributed by atoms with Crippen LogP contribution in [0.2, 0.25) is 5.02 Å². The van der Waals surface area contributed by atoms with Crippen LogP contribution in [0.4, 0.5) is 0 Å². The van der Waals surface area contributed by atoms with Crippen LogP contribution in [-0.2, 0) is 5.54 Å². The van der Waals surface area contributed by atoms with Gasteiger partial charge in [-0.2, -0.15) is 0 Å². The third-order valence-electron chi connectivity index (χ3n) is 5.14. The van der Waals surface area contributed by atoms with Crippen molar-refractivity contribution >= 4 is 22.4 Å². The summed E-state index contributed by atoms with van der Waals surface area (Å²) in [6.45, 7) is 0. The summed E-state index contributed by atoms with van der Waals surface area (Å²) in [4.78, 5) is 2.56. The molecule has 2 aliphatic rings. The number of nitrogens with zero attached hydrogens (tertiary/aromatic N) is 1. The first-order valence-electron chi connectivity index (χ1n) is 7.29. The van der Waals surface area contributed by atoms with E-state index in [0.29, 0.717) is 6.04 Å². The van der Waals surface area contributed by atoms with E-state index >= 15 is 0 Å². The third-order valence-corrected chi connectivity index (χ3v) is 5.37. The van der Waals surface area contributed by atoms with Gasteiger partial charge in [0.1, 0.15) is 0 Å². The van der Waals surface area contributed by atoms with Crippen molar-refractivity contribution in [1.82, 2.24) is 4.90 Å². The van der Waals surface area contributed by atoms with Gasteiger partial charge in [0.15, 0.2) is 0 Å². The summed E-state index contributed by atoms with van der Waals surface area (Å²) in [6, 6.07) is 13.7. The lowest BCUT2D eigenvalue weighted by atomic mass is 9.85. The van der Waals surface area contributed by atoms with Crippen molar-refractivity contribution in [3.05, 3.63) is 59.1 Å². The van der Waals surface area contributed by atoms with Crippen LogP contribution in [0.3, 0.4) is 0 Å². The molecule has 4 rings (SSSR count). The van der Waals surface area contributed by atoms with Crippen LogP contribution in [0.5, 0.6) is 0 Å². The Bertz CT molecular complexity index is 706. The number of fused-ring (bicyclic) bond motifs is 3. The molecule has 0 radical (unpaired) electrons. The quantitative estimate of drug-likeness (QED) is 0.683. The summed E-state index contributed by atoms with van der Waals surface area (Å²) >= 11 is 6.07. The Morgan fingerprint density at radius 2 is 1.95 bits per heavy atom. The van der Waals surface area contributed by atoms with Gasteiger partial charge in [-0.05, 0) is 60.8 Å². The molecule has 0 spiro atoms. The van der Waals surface area contributed by atoms with Gasteiger partial charge in [-0.3, -0.25) is 4.90 Å². The summed E-state index contributed by atoms with van der Waals surface area (Å²) < 4.78 is 0. The molecule has 1 saturated heterocycles. The molecule has 102 valence electrons. The van der Waals surface area contributed by atoms with Gasteiger partial charge in [0.25, 0.3) is 0 Å². The zero-order valence-electron chi connectivity index (χ0n) is 11.6. The molecule has 0 aliphatic carbocycles. The lowest BCUT2D eigenvalue weighted by molar-refractivity contribution is 0.168. The van der Waals surface area contributed by atoms with E-state index in [9.17, 15) is 0 Å². The normalized spacial score (nSPS) is 29.2. The molecule has 2 unspecified atom stereocenters. The lowest BCUT2D eigenvalue weighted by Crippen LogP contribution is -2.42. The Kier molecular flexibility index (Phi) is 2.70. The van der Waals surface area contributed by atoms with E-state index in [4.69, 9.17) is 11.6 Å². The predicted molar refractivity (Wildman–Crippen MR) is 85.2 cm³/mol. The Morgan fingerprint density at radius 3 is 2.85 bits per heavy atom. The molecule has 0 saturated carbocycles. The maximum Gasteiger partial charge on any atom is 0.0646 e. The number of benzene rings is 2. The summed E-state index contributed by atoms with van der Waals surface area (Å²) in [5.74, 6) is 0. The number of likely N-dealkylation sites (N-methyl/N-ethyl adjacent to an activating group) is 1. The van der Waals surface area contributed by atoms with Gasteiger partial charge in [0.2, 0.25) is 0 Å². The summed E-state index contributed by atoms with van der Waals surface area (Å²) in [5, 5.41) is 3.30. The standard InChI is InChI=1S/C18H18ClN/c1-20-17-3-2-9-18(20,10-8-17)15-6-4-14-12-16(19)7-5-13(14)11-15/h2,4-7,9,11-12,17H,3,8,10H2,1H3. The zero-order chi connectivity index (χ0) is 13.7. The monoisotopic (exact) mass is 283 g/mol. The van der Waals surface area contributed by atoms with Gasteiger partial charge in [-0.25, -0.2) is 0 Å². The Labute approximate surface area is 124 Å². The Morgan fingerprint density at radius 1 is 1.15 bits per heavy atom. The maximum atomic E-state index is 6.07. The second-order valence-corrected chi connectivity index (χ2v) is 6.51. The van der Waals surface area contributed by atoms with E-state index in [1.165, 1.54) is 35.6 Å². The van der Waals surface area contributed by atoms with E-state index in [1.807, 2.05) is 12.1 Å². The predicted octanol–water partition coefficient (Wildman–Crippen LogP) is 4.74.